The van der Waals surface area contributed by atoms with Crippen molar-refractivity contribution < 1.29 is 36.2 Å². The van der Waals surface area contributed by atoms with Crippen LogP contribution >= 0.6 is 0 Å². The highest BCUT2D eigenvalue weighted by atomic mass is 32.2. The van der Waals surface area contributed by atoms with E-state index < -0.39 is 49.9 Å². The van der Waals surface area contributed by atoms with E-state index >= 15 is 0 Å². The van der Waals surface area contributed by atoms with Crippen molar-refractivity contribution in [2.75, 3.05) is 22.8 Å². The molecule has 2 heterocycles. The number of likely N-dealkylation sites (N-methyl/N-ethyl adjacent to an activating group) is 1. The fourth-order valence-electron chi connectivity index (χ4n) is 5.99. The molecule has 1 N–H and O–H groups in total. The summed E-state index contributed by atoms with van der Waals surface area (Å²) in [7, 11) is -2.63. The van der Waals surface area contributed by atoms with Crippen molar-refractivity contribution in [1.82, 2.24) is 0 Å². The number of halogens is 3. The normalized spacial score (nSPS) is 21.5. The molecule has 1 fully saturated rings. The molecule has 11 heteroatoms. The van der Waals surface area contributed by atoms with Gasteiger partial charge in [0.15, 0.2) is 0 Å². The van der Waals surface area contributed by atoms with Crippen molar-refractivity contribution in [2.24, 2.45) is 0 Å². The number of carbonyl (C=O) groups is 1. The Balaban J connectivity index is 1.82. The first kappa shape index (κ1) is 29.2. The number of carboxylic acids is 1. The highest BCUT2D eigenvalue weighted by Crippen LogP contribution is 2.47. The van der Waals surface area contributed by atoms with E-state index in [9.17, 15) is 31.5 Å². The van der Waals surface area contributed by atoms with Gasteiger partial charge in [-0.2, -0.15) is 13.2 Å². The van der Waals surface area contributed by atoms with Crippen LogP contribution in [0.25, 0.3) is 0 Å². The largest absolute Gasteiger partial charge is 0.481 e. The average molecular weight is 569 g/mol. The third kappa shape index (κ3) is 6.19. The van der Waals surface area contributed by atoms with Crippen molar-refractivity contribution in [3.8, 4) is 0 Å². The molecule has 1 saturated heterocycles. The van der Waals surface area contributed by atoms with E-state index in [4.69, 9.17) is 4.74 Å². The topological polar surface area (TPSA) is 87.2 Å². The number of carboxylic acid groups (broad SMARTS) is 1. The van der Waals surface area contributed by atoms with E-state index in [1.165, 1.54) is 0 Å². The smallest absolute Gasteiger partial charge is 0.416 e. The molecule has 0 radical (unpaired) electrons. The highest BCUT2D eigenvalue weighted by Gasteiger charge is 2.42. The molecule has 0 aliphatic carbocycles. The summed E-state index contributed by atoms with van der Waals surface area (Å²) in [6, 6.07) is 8.81. The van der Waals surface area contributed by atoms with Crippen molar-refractivity contribution in [3.63, 3.8) is 0 Å². The van der Waals surface area contributed by atoms with E-state index in [0.717, 1.165) is 28.1 Å². The first-order valence-electron chi connectivity index (χ1n) is 12.9. The van der Waals surface area contributed by atoms with E-state index in [2.05, 4.69) is 0 Å². The van der Waals surface area contributed by atoms with Gasteiger partial charge in [0.05, 0.1) is 39.6 Å². The van der Waals surface area contributed by atoms with Crippen molar-refractivity contribution in [2.45, 2.75) is 87.6 Å². The quantitative estimate of drug-likeness (QED) is 0.458. The van der Waals surface area contributed by atoms with Crippen LogP contribution in [-0.2, 0) is 25.7 Å². The van der Waals surface area contributed by atoms with Gasteiger partial charge in [0, 0.05) is 19.5 Å². The molecule has 4 rings (SSSR count). The lowest BCUT2D eigenvalue weighted by Crippen LogP contribution is -2.49. The third-order valence-electron chi connectivity index (χ3n) is 7.51. The van der Waals surface area contributed by atoms with Gasteiger partial charge in [-0.25, -0.2) is 8.42 Å². The minimum absolute atomic E-state index is 0.0715. The number of hydrogen-bond acceptors (Lipinski definition) is 5. The van der Waals surface area contributed by atoms with Crippen LogP contribution in [-0.4, -0.2) is 50.3 Å². The minimum Gasteiger partial charge on any atom is -0.481 e. The first-order chi connectivity index (χ1) is 17.9. The summed E-state index contributed by atoms with van der Waals surface area (Å²) < 4.78 is 75.5. The number of fused-ring (bicyclic) bond motifs is 1. The summed E-state index contributed by atoms with van der Waals surface area (Å²) in [6.45, 7) is 7.98. The monoisotopic (exact) mass is 568 g/mol. The standard InChI is InChI=1S/C28H35F3N2O5S/c1-26(2)15-19(16-27(3,4)38-26)18-9-11-23-24(13-18)33(17-21(32(23)5)10-12-25(34)35)39(36,37)22-8-6-7-20(14-22)28(29,30)31/h6-9,11,13-14,19,21H,10,12,15-17H2,1-5H3,(H,34,35)/t21-/m0/s1. The molecule has 2 aromatic carbocycles. The second-order valence-corrected chi connectivity index (χ2v) is 13.6. The maximum Gasteiger partial charge on any atom is 0.416 e. The lowest BCUT2D eigenvalue weighted by molar-refractivity contribution is -0.162. The van der Waals surface area contributed by atoms with E-state index in [1.54, 1.807) is 7.05 Å². The van der Waals surface area contributed by atoms with Gasteiger partial charge in [0.1, 0.15) is 0 Å². The Morgan fingerprint density at radius 2 is 1.69 bits per heavy atom. The predicted octanol–water partition coefficient (Wildman–Crippen LogP) is 6.04. The second-order valence-electron chi connectivity index (χ2n) is 11.7. The number of alkyl halides is 3. The number of hydrogen-bond donors (Lipinski definition) is 1. The molecule has 0 aromatic heterocycles. The Morgan fingerprint density at radius 3 is 2.28 bits per heavy atom. The molecule has 2 aliphatic heterocycles. The number of sulfonamides is 1. The van der Waals surface area contributed by atoms with Crippen LogP contribution < -0.4 is 9.21 Å². The van der Waals surface area contributed by atoms with E-state index in [-0.39, 0.29) is 25.3 Å². The van der Waals surface area contributed by atoms with E-state index in [0.29, 0.717) is 30.3 Å². The minimum atomic E-state index is -4.70. The maximum absolute atomic E-state index is 13.9. The third-order valence-corrected chi connectivity index (χ3v) is 9.29. The maximum atomic E-state index is 13.9. The molecule has 0 amide bonds. The average Bonchev–Trinajstić information content (AvgIpc) is 2.80. The second kappa shape index (κ2) is 9.99. The van der Waals surface area contributed by atoms with Crippen LogP contribution in [0.3, 0.4) is 0 Å². The van der Waals surface area contributed by atoms with Crippen LogP contribution in [0.2, 0.25) is 0 Å². The number of nitrogens with zero attached hydrogens (tertiary/aromatic N) is 2. The summed E-state index contributed by atoms with van der Waals surface area (Å²) in [4.78, 5) is 12.7. The lowest BCUT2D eigenvalue weighted by atomic mass is 9.77. The Labute approximate surface area is 227 Å². The SMILES string of the molecule is CN1c2ccc(C3CC(C)(C)OC(C)(C)C3)cc2N(S(=O)(=O)c2cccc(C(F)(F)F)c2)C[C@@H]1CCC(=O)O. The summed E-state index contributed by atoms with van der Waals surface area (Å²) >= 11 is 0. The summed E-state index contributed by atoms with van der Waals surface area (Å²) in [5, 5.41) is 9.23. The predicted molar refractivity (Wildman–Crippen MR) is 143 cm³/mol. The zero-order chi connectivity index (χ0) is 29.0. The summed E-state index contributed by atoms with van der Waals surface area (Å²) in [5.41, 5.74) is -0.00132. The van der Waals surface area contributed by atoms with Gasteiger partial charge in [-0.15, -0.1) is 0 Å². The van der Waals surface area contributed by atoms with Gasteiger partial charge in [-0.3, -0.25) is 9.10 Å². The Morgan fingerprint density at radius 1 is 1.05 bits per heavy atom. The molecule has 0 bridgehead atoms. The van der Waals surface area contributed by atoms with Gasteiger partial charge >= 0.3 is 12.1 Å². The number of ether oxygens (including phenoxy) is 1. The molecule has 2 aliphatic rings. The Bertz CT molecular complexity index is 1340. The summed E-state index contributed by atoms with van der Waals surface area (Å²) in [5.74, 6) is -0.941. The molecule has 0 unspecified atom stereocenters. The van der Waals surface area contributed by atoms with E-state index in [1.807, 2.05) is 50.8 Å². The van der Waals surface area contributed by atoms with Gasteiger partial charge < -0.3 is 14.7 Å². The first-order valence-corrected chi connectivity index (χ1v) is 14.3. The Kier molecular flexibility index (Phi) is 7.48. The summed E-state index contributed by atoms with van der Waals surface area (Å²) in [6.07, 6.45) is -3.28. The molecule has 39 heavy (non-hydrogen) atoms. The van der Waals surface area contributed by atoms with Gasteiger partial charge in [-0.1, -0.05) is 12.1 Å². The molecular weight excluding hydrogens is 533 g/mol. The number of benzene rings is 2. The van der Waals surface area contributed by atoms with Crippen LogP contribution in [0.4, 0.5) is 24.5 Å². The van der Waals surface area contributed by atoms with Crippen LogP contribution in [0, 0.1) is 0 Å². The number of aliphatic carboxylic acids is 1. The number of anilines is 2. The molecule has 2 aromatic rings. The van der Waals surface area contributed by atoms with Gasteiger partial charge in [-0.05, 0) is 88.8 Å². The molecule has 0 spiro atoms. The van der Waals surface area contributed by atoms with Crippen LogP contribution in [0.5, 0.6) is 0 Å². The zero-order valence-corrected chi connectivity index (χ0v) is 23.6. The fraction of sp³-hybridized carbons (Fsp3) is 0.536. The van der Waals surface area contributed by atoms with Gasteiger partial charge in [0.2, 0.25) is 0 Å². The van der Waals surface area contributed by atoms with Crippen LogP contribution in [0.15, 0.2) is 47.4 Å². The lowest BCUT2D eigenvalue weighted by Gasteiger charge is -2.46. The van der Waals surface area contributed by atoms with Crippen LogP contribution in [0.1, 0.15) is 70.4 Å². The van der Waals surface area contributed by atoms with Gasteiger partial charge in [0.25, 0.3) is 10.0 Å². The zero-order valence-electron chi connectivity index (χ0n) is 22.7. The van der Waals surface area contributed by atoms with Crippen molar-refractivity contribution >= 4 is 27.4 Å². The Hall–Kier alpha value is -2.79. The molecule has 0 saturated carbocycles. The fourth-order valence-corrected chi connectivity index (χ4v) is 7.54. The van der Waals surface area contributed by atoms with Crippen molar-refractivity contribution in [3.05, 3.63) is 53.6 Å². The molecule has 214 valence electrons. The number of rotatable bonds is 6. The molecule has 1 atom stereocenters. The molecule has 7 nitrogen and oxygen atoms in total. The highest BCUT2D eigenvalue weighted by molar-refractivity contribution is 7.92. The van der Waals surface area contributed by atoms with Crippen molar-refractivity contribution in [1.29, 1.82) is 0 Å². The molecular formula is C28H35F3N2O5S.